The molecule has 0 bridgehead atoms. The number of benzene rings is 1. The lowest BCUT2D eigenvalue weighted by molar-refractivity contribution is -0.135. The van der Waals surface area contributed by atoms with Gasteiger partial charge in [0.1, 0.15) is 5.52 Å². The van der Waals surface area contributed by atoms with E-state index in [1.54, 1.807) is 5.51 Å². The number of aromatic nitrogens is 1. The van der Waals surface area contributed by atoms with Crippen LogP contribution in [0.2, 0.25) is 0 Å². The molecule has 0 saturated carbocycles. The van der Waals surface area contributed by atoms with Crippen LogP contribution in [0.4, 0.5) is 0 Å². The van der Waals surface area contributed by atoms with E-state index in [4.69, 9.17) is 5.11 Å². The lowest BCUT2D eigenvalue weighted by Crippen LogP contribution is -1.93. The summed E-state index contributed by atoms with van der Waals surface area (Å²) in [7, 11) is -0.324. The number of hydrogen-bond acceptors (Lipinski definition) is 2. The van der Waals surface area contributed by atoms with Gasteiger partial charge in [-0.3, -0.25) is 0 Å². The summed E-state index contributed by atoms with van der Waals surface area (Å²) in [6.07, 6.45) is 0. The minimum absolute atomic E-state index is 0.153. The van der Waals surface area contributed by atoms with Gasteiger partial charge in [-0.15, -0.1) is 0 Å². The molecule has 13 heavy (non-hydrogen) atoms. The Labute approximate surface area is 77.6 Å². The van der Waals surface area contributed by atoms with Gasteiger partial charge in [0.25, 0.3) is 0 Å². The molecular weight excluding hydrogens is 186 g/mol. The number of thiazole rings is 1. The monoisotopic (exact) mass is 194 g/mol. The van der Waals surface area contributed by atoms with Crippen molar-refractivity contribution in [2.45, 2.75) is 5.75 Å². The van der Waals surface area contributed by atoms with Crippen LogP contribution in [-0.2, 0) is 10.5 Å². The zero-order chi connectivity index (χ0) is 9.26. The third-order valence-corrected chi connectivity index (χ3v) is 3.57. The smallest absolute Gasteiger partial charge is 0.358 e. The van der Waals surface area contributed by atoms with Gasteiger partial charge in [0.05, 0.1) is 0 Å². The minimum Gasteiger partial charge on any atom is -0.477 e. The lowest BCUT2D eigenvalue weighted by atomic mass is 10.3. The van der Waals surface area contributed by atoms with E-state index in [1.807, 2.05) is 24.3 Å². The Morgan fingerprint density at radius 2 is 2.23 bits per heavy atom. The number of fused-ring (bicyclic) bond motifs is 1. The Bertz CT molecular complexity index is 450. The Morgan fingerprint density at radius 3 is 3.00 bits per heavy atom. The van der Waals surface area contributed by atoms with Gasteiger partial charge in [-0.2, -0.15) is 4.98 Å². The zero-order valence-electron chi connectivity index (χ0n) is 6.80. The van der Waals surface area contributed by atoms with Crippen molar-refractivity contribution in [2.75, 3.05) is 0 Å². The quantitative estimate of drug-likeness (QED) is 0.744. The maximum Gasteiger partial charge on any atom is 0.358 e. The molecule has 1 aromatic heterocycles. The van der Waals surface area contributed by atoms with Crippen LogP contribution in [0.1, 0.15) is 0 Å². The highest BCUT2D eigenvalue weighted by Gasteiger charge is 2.16. The van der Waals surface area contributed by atoms with E-state index < -0.39 is 5.97 Å². The third-order valence-electron chi connectivity index (χ3n) is 1.75. The molecular formula is C9H8NO2S+. The number of carbonyl (C=O) groups is 1. The van der Waals surface area contributed by atoms with E-state index in [9.17, 15) is 4.79 Å². The molecule has 66 valence electrons. The summed E-state index contributed by atoms with van der Waals surface area (Å²) in [4.78, 5) is 14.7. The Morgan fingerprint density at radius 1 is 1.46 bits per heavy atom. The van der Waals surface area contributed by atoms with Crippen molar-refractivity contribution in [3.8, 4) is 0 Å². The van der Waals surface area contributed by atoms with Crippen LogP contribution in [0.15, 0.2) is 29.8 Å². The molecule has 1 unspecified atom stereocenters. The van der Waals surface area contributed by atoms with Crippen LogP contribution in [0.25, 0.3) is 10.2 Å². The van der Waals surface area contributed by atoms with Gasteiger partial charge >= 0.3 is 5.97 Å². The van der Waals surface area contributed by atoms with E-state index in [0.717, 1.165) is 10.2 Å². The maximum absolute atomic E-state index is 10.5. The van der Waals surface area contributed by atoms with Crippen molar-refractivity contribution in [2.24, 2.45) is 0 Å². The fourth-order valence-corrected chi connectivity index (χ4v) is 2.70. The first kappa shape index (κ1) is 8.19. The molecule has 0 aliphatic heterocycles. The molecule has 0 fully saturated rings. The Kier molecular flexibility index (Phi) is 1.98. The summed E-state index contributed by atoms with van der Waals surface area (Å²) in [5, 5.41) is 8.64. The van der Waals surface area contributed by atoms with Crippen LogP contribution in [0.5, 0.6) is 0 Å². The fourth-order valence-electron chi connectivity index (χ4n) is 1.21. The molecule has 1 N–H and O–H groups in total. The van der Waals surface area contributed by atoms with Gasteiger partial charge in [0.2, 0.25) is 16.0 Å². The molecule has 4 heteroatoms. The summed E-state index contributed by atoms with van der Waals surface area (Å²) in [6.45, 7) is 0. The van der Waals surface area contributed by atoms with Crippen molar-refractivity contribution in [3.63, 3.8) is 0 Å². The highest BCUT2D eigenvalue weighted by Crippen LogP contribution is 2.29. The largest absolute Gasteiger partial charge is 0.477 e. The number of hydrogen-bond donors (Lipinski definition) is 1. The maximum atomic E-state index is 10.5. The van der Waals surface area contributed by atoms with Crippen LogP contribution in [0, 0.1) is 0 Å². The van der Waals surface area contributed by atoms with Crippen molar-refractivity contribution in [1.29, 1.82) is 0 Å². The van der Waals surface area contributed by atoms with Crippen molar-refractivity contribution in [1.82, 2.24) is 4.98 Å². The highest BCUT2D eigenvalue weighted by atomic mass is 32.2. The van der Waals surface area contributed by atoms with E-state index in [2.05, 4.69) is 4.98 Å². The summed E-state index contributed by atoms with van der Waals surface area (Å²) in [5.41, 5.74) is 2.64. The molecule has 1 heterocycles. The van der Waals surface area contributed by atoms with Gasteiger partial charge < -0.3 is 5.11 Å². The Hall–Kier alpha value is -1.42. The predicted octanol–water partition coefficient (Wildman–Crippen LogP) is 2.07. The summed E-state index contributed by atoms with van der Waals surface area (Å²) in [6, 6.07) is 7.66. The predicted molar refractivity (Wildman–Crippen MR) is 51.9 cm³/mol. The zero-order valence-corrected chi connectivity index (χ0v) is 7.62. The molecule has 3 nitrogen and oxygen atoms in total. The number of carboxylic acids is 1. The van der Waals surface area contributed by atoms with Crippen LogP contribution >= 0.6 is 10.5 Å². The molecule has 1 aromatic carbocycles. The average molecular weight is 194 g/mol. The molecule has 1 atom stereocenters. The van der Waals surface area contributed by atoms with Crippen LogP contribution < -0.4 is 0 Å². The van der Waals surface area contributed by atoms with Crippen LogP contribution in [0.3, 0.4) is 0 Å². The topological polar surface area (TPSA) is 50.2 Å². The molecule has 0 radical (unpaired) electrons. The summed E-state index contributed by atoms with van der Waals surface area (Å²) < 4.78 is 1.05. The first-order valence-electron chi connectivity index (χ1n) is 3.82. The summed E-state index contributed by atoms with van der Waals surface area (Å²) in [5.74, 6) is -0.618. The normalized spacial score (nSPS) is 11.8. The van der Waals surface area contributed by atoms with Gasteiger partial charge in [0, 0.05) is 16.5 Å². The number of nitrogens with zero attached hydrogens (tertiary/aromatic N) is 1. The van der Waals surface area contributed by atoms with E-state index >= 15 is 0 Å². The molecule has 0 saturated heterocycles. The third kappa shape index (κ3) is 1.53. The van der Waals surface area contributed by atoms with Crippen molar-refractivity contribution >= 4 is 26.7 Å². The average Bonchev–Trinajstić information content (AvgIpc) is 2.48. The fraction of sp³-hybridized carbons (Fsp3) is 0.111. The molecule has 0 aliphatic carbocycles. The first-order valence-corrected chi connectivity index (χ1v) is 5.28. The molecule has 0 amide bonds. The lowest BCUT2D eigenvalue weighted by Gasteiger charge is -1.84. The standard InChI is InChI=1S/C9H7NO2S/c11-9(12)5-13-6-10-7-3-1-2-4-8(7)13/h1-4,6H,5H2/p+1. The first-order chi connectivity index (χ1) is 6.27. The van der Waals surface area contributed by atoms with E-state index in [0.29, 0.717) is 0 Å². The number of rotatable bonds is 2. The van der Waals surface area contributed by atoms with E-state index in [1.165, 1.54) is 0 Å². The highest BCUT2D eigenvalue weighted by molar-refractivity contribution is 7.36. The van der Waals surface area contributed by atoms with Gasteiger partial charge in [-0.1, -0.05) is 12.1 Å². The Balaban J connectivity index is 2.51. The molecule has 0 aliphatic rings. The second kappa shape index (κ2) is 3.14. The SMILES string of the molecule is O=C(O)C[s+]1cnc2ccccc21. The molecule has 2 aromatic rings. The molecule has 2 rings (SSSR count). The van der Waals surface area contributed by atoms with Gasteiger partial charge in [0.15, 0.2) is 0 Å². The summed E-state index contributed by atoms with van der Waals surface area (Å²) >= 11 is 0. The minimum atomic E-state index is -0.772. The van der Waals surface area contributed by atoms with Gasteiger partial charge in [-0.05, 0) is 6.07 Å². The second-order valence-electron chi connectivity index (χ2n) is 2.67. The number of para-hydroxylation sites is 1. The number of aliphatic carboxylic acids is 1. The van der Waals surface area contributed by atoms with Crippen molar-refractivity contribution in [3.05, 3.63) is 29.8 Å². The van der Waals surface area contributed by atoms with Gasteiger partial charge in [-0.25, -0.2) is 4.79 Å². The van der Waals surface area contributed by atoms with E-state index in [-0.39, 0.29) is 16.2 Å². The second-order valence-corrected chi connectivity index (χ2v) is 4.47. The van der Waals surface area contributed by atoms with Crippen molar-refractivity contribution < 1.29 is 9.90 Å². The molecule has 0 spiro atoms. The van der Waals surface area contributed by atoms with Crippen LogP contribution in [-0.4, -0.2) is 16.1 Å². The number of carboxylic acid groups (broad SMARTS) is 1.